The fourth-order valence-electron chi connectivity index (χ4n) is 3.07. The van der Waals surface area contributed by atoms with Gasteiger partial charge >= 0.3 is 6.18 Å². The summed E-state index contributed by atoms with van der Waals surface area (Å²) >= 11 is 24.3. The van der Waals surface area contributed by atoms with Crippen LogP contribution < -0.4 is 9.47 Å². The van der Waals surface area contributed by atoms with Crippen LogP contribution >= 0.6 is 46.4 Å². The third kappa shape index (κ3) is 5.79. The molecule has 182 valence electrons. The van der Waals surface area contributed by atoms with Gasteiger partial charge in [-0.2, -0.15) is 18.4 Å². The Balaban J connectivity index is 2.01. The van der Waals surface area contributed by atoms with Crippen molar-refractivity contribution in [1.82, 2.24) is 0 Å². The molecule has 0 saturated carbocycles. The first kappa shape index (κ1) is 27.0. The van der Waals surface area contributed by atoms with E-state index in [2.05, 4.69) is 0 Å². The SMILES string of the molecule is CCC(=O)C(C#N)(Oc1cc(Oc2ccc(C(F)(F)F)cc2Cl)ccc1Cl)c1ccc(Cl)c(Cl)c1. The minimum Gasteiger partial charge on any atom is -0.459 e. The highest BCUT2D eigenvalue weighted by Gasteiger charge is 2.43. The summed E-state index contributed by atoms with van der Waals surface area (Å²) in [6.07, 6.45) is -4.62. The van der Waals surface area contributed by atoms with Crippen molar-refractivity contribution in [1.29, 1.82) is 5.26 Å². The van der Waals surface area contributed by atoms with Crippen LogP contribution in [0.4, 0.5) is 13.2 Å². The number of halogens is 7. The van der Waals surface area contributed by atoms with Crippen LogP contribution in [-0.4, -0.2) is 5.78 Å². The number of ketones is 1. The number of carbonyl (C=O) groups excluding carboxylic acids is 1. The zero-order valence-corrected chi connectivity index (χ0v) is 20.7. The molecule has 0 aromatic heterocycles. The number of Topliss-reactive ketones (excluding diaryl/α,β-unsaturated/α-hetero) is 1. The van der Waals surface area contributed by atoms with Crippen LogP contribution in [-0.2, 0) is 16.6 Å². The fraction of sp³-hybridized carbons (Fsp3) is 0.167. The van der Waals surface area contributed by atoms with Gasteiger partial charge < -0.3 is 9.47 Å². The van der Waals surface area contributed by atoms with Crippen LogP contribution in [0.1, 0.15) is 24.5 Å². The standard InChI is InChI=1S/C24H14Cl4F3NO3/c1-2-22(33)23(12-32,13-3-6-16(25)18(27)9-13)35-21-11-15(5-7-17(21)26)34-20-8-4-14(10-19(20)28)24(29,30)31/h3-11H,2H2,1H3. The highest BCUT2D eigenvalue weighted by Crippen LogP contribution is 2.41. The Hall–Kier alpha value is -2.63. The average molecular weight is 563 g/mol. The lowest BCUT2D eigenvalue weighted by Crippen LogP contribution is -2.40. The Morgan fingerprint density at radius 2 is 1.49 bits per heavy atom. The molecule has 0 spiro atoms. The normalized spacial score (nSPS) is 13.0. The van der Waals surface area contributed by atoms with Crippen molar-refractivity contribution in [3.05, 3.63) is 85.8 Å². The number of nitrogens with zero attached hydrogens (tertiary/aromatic N) is 1. The van der Waals surface area contributed by atoms with Gasteiger partial charge in [0, 0.05) is 18.1 Å². The van der Waals surface area contributed by atoms with Gasteiger partial charge in [-0.1, -0.05) is 59.4 Å². The third-order valence-corrected chi connectivity index (χ3v) is 6.20. The van der Waals surface area contributed by atoms with Crippen LogP contribution in [0.3, 0.4) is 0 Å². The topological polar surface area (TPSA) is 59.3 Å². The van der Waals surface area contributed by atoms with E-state index >= 15 is 0 Å². The lowest BCUT2D eigenvalue weighted by molar-refractivity contribution is -0.137. The molecule has 1 atom stereocenters. The highest BCUT2D eigenvalue weighted by atomic mass is 35.5. The summed E-state index contributed by atoms with van der Waals surface area (Å²) in [5, 5.41) is 10.1. The predicted octanol–water partition coefficient (Wildman–Crippen LogP) is 8.89. The van der Waals surface area contributed by atoms with E-state index < -0.39 is 23.1 Å². The molecule has 3 aromatic carbocycles. The summed E-state index contributed by atoms with van der Waals surface area (Å²) in [5.41, 5.74) is -2.92. The van der Waals surface area contributed by atoms with Crippen LogP contribution in [0.5, 0.6) is 17.2 Å². The van der Waals surface area contributed by atoms with E-state index in [0.717, 1.165) is 18.2 Å². The van der Waals surface area contributed by atoms with Crippen molar-refractivity contribution in [3.63, 3.8) is 0 Å². The number of hydrogen-bond acceptors (Lipinski definition) is 4. The molecule has 0 saturated heterocycles. The summed E-state index contributed by atoms with van der Waals surface area (Å²) < 4.78 is 50.2. The van der Waals surface area contributed by atoms with E-state index in [1.54, 1.807) is 6.92 Å². The van der Waals surface area contributed by atoms with Gasteiger partial charge in [-0.15, -0.1) is 0 Å². The van der Waals surface area contributed by atoms with Crippen LogP contribution in [0, 0.1) is 11.3 Å². The fourth-order valence-corrected chi connectivity index (χ4v) is 3.74. The lowest BCUT2D eigenvalue weighted by atomic mass is 9.89. The van der Waals surface area contributed by atoms with E-state index in [1.165, 1.54) is 36.4 Å². The smallest absolute Gasteiger partial charge is 0.416 e. The average Bonchev–Trinajstić information content (AvgIpc) is 2.81. The molecule has 0 aliphatic heterocycles. The van der Waals surface area contributed by atoms with E-state index in [-0.39, 0.29) is 49.3 Å². The second kappa shape index (κ2) is 10.5. The second-order valence-corrected chi connectivity index (χ2v) is 8.77. The van der Waals surface area contributed by atoms with Gasteiger partial charge in [0.1, 0.15) is 23.3 Å². The Morgan fingerprint density at radius 1 is 0.857 bits per heavy atom. The van der Waals surface area contributed by atoms with Crippen molar-refractivity contribution in [2.45, 2.75) is 25.1 Å². The Bertz CT molecular complexity index is 1320. The van der Waals surface area contributed by atoms with Gasteiger partial charge in [-0.05, 0) is 42.5 Å². The number of alkyl halides is 3. The van der Waals surface area contributed by atoms with Crippen molar-refractivity contribution in [2.24, 2.45) is 0 Å². The molecule has 0 bridgehead atoms. The zero-order valence-electron chi connectivity index (χ0n) is 17.7. The molecule has 1 unspecified atom stereocenters. The van der Waals surface area contributed by atoms with Gasteiger partial charge in [0.05, 0.1) is 25.7 Å². The van der Waals surface area contributed by atoms with E-state index in [4.69, 9.17) is 55.9 Å². The summed E-state index contributed by atoms with van der Waals surface area (Å²) in [6.45, 7) is 1.56. The monoisotopic (exact) mass is 561 g/mol. The largest absolute Gasteiger partial charge is 0.459 e. The number of ether oxygens (including phenoxy) is 2. The van der Waals surface area contributed by atoms with Crippen LogP contribution in [0.25, 0.3) is 0 Å². The molecule has 3 rings (SSSR count). The molecule has 0 aliphatic carbocycles. The summed E-state index contributed by atoms with van der Waals surface area (Å²) in [6, 6.07) is 12.8. The lowest BCUT2D eigenvalue weighted by Gasteiger charge is -2.27. The quantitative estimate of drug-likeness (QED) is 0.288. The number of benzene rings is 3. The van der Waals surface area contributed by atoms with E-state index in [1.807, 2.05) is 6.07 Å². The molecule has 0 radical (unpaired) electrons. The Kier molecular flexibility index (Phi) is 8.13. The first-order valence-electron chi connectivity index (χ1n) is 9.84. The maximum absolute atomic E-state index is 12.9. The molecule has 0 N–H and O–H groups in total. The van der Waals surface area contributed by atoms with E-state index in [0.29, 0.717) is 0 Å². The van der Waals surface area contributed by atoms with Gasteiger partial charge in [0.2, 0.25) is 0 Å². The second-order valence-electron chi connectivity index (χ2n) is 7.14. The maximum atomic E-state index is 12.9. The first-order chi connectivity index (χ1) is 16.4. The summed E-state index contributed by atoms with van der Waals surface area (Å²) in [5.74, 6) is -0.655. The minimum absolute atomic E-state index is 0.0412. The van der Waals surface area contributed by atoms with Gasteiger partial charge in [0.25, 0.3) is 5.60 Å². The molecule has 0 fully saturated rings. The molecule has 0 aliphatic rings. The third-order valence-electron chi connectivity index (χ3n) is 4.85. The Morgan fingerprint density at radius 3 is 2.06 bits per heavy atom. The number of carbonyl (C=O) groups is 1. The maximum Gasteiger partial charge on any atom is 0.416 e. The minimum atomic E-state index is -4.57. The zero-order chi connectivity index (χ0) is 26.0. The van der Waals surface area contributed by atoms with Crippen molar-refractivity contribution in [3.8, 4) is 23.3 Å². The van der Waals surface area contributed by atoms with Crippen LogP contribution in [0.2, 0.25) is 20.1 Å². The van der Waals surface area contributed by atoms with Gasteiger partial charge in [-0.25, -0.2) is 0 Å². The number of hydrogen-bond donors (Lipinski definition) is 0. The molecular formula is C24H14Cl4F3NO3. The molecule has 35 heavy (non-hydrogen) atoms. The molecule has 0 heterocycles. The van der Waals surface area contributed by atoms with Crippen molar-refractivity contribution in [2.75, 3.05) is 0 Å². The molecule has 3 aromatic rings. The van der Waals surface area contributed by atoms with Crippen LogP contribution in [0.15, 0.2) is 54.6 Å². The Labute approximate surface area is 218 Å². The van der Waals surface area contributed by atoms with Gasteiger partial charge in [-0.3, -0.25) is 4.79 Å². The molecule has 0 amide bonds. The first-order valence-corrected chi connectivity index (χ1v) is 11.4. The van der Waals surface area contributed by atoms with Crippen molar-refractivity contribution >= 4 is 52.2 Å². The van der Waals surface area contributed by atoms with Crippen molar-refractivity contribution < 1.29 is 27.4 Å². The highest BCUT2D eigenvalue weighted by molar-refractivity contribution is 6.42. The molecule has 11 heteroatoms. The summed E-state index contributed by atoms with van der Waals surface area (Å²) in [7, 11) is 0. The van der Waals surface area contributed by atoms with Gasteiger partial charge in [0.15, 0.2) is 5.78 Å². The molecule has 4 nitrogen and oxygen atoms in total. The number of rotatable bonds is 7. The predicted molar refractivity (Wildman–Crippen MR) is 128 cm³/mol. The molecular weight excluding hydrogens is 549 g/mol. The van der Waals surface area contributed by atoms with E-state index in [9.17, 15) is 23.2 Å². The summed E-state index contributed by atoms with van der Waals surface area (Å²) in [4.78, 5) is 12.9. The number of nitriles is 1.